The molecule has 0 atom stereocenters. The SMILES string of the molecule is CCCCCCCCNS(=O)(=O)CC(N)=S. The fourth-order valence-electron chi connectivity index (χ4n) is 1.37. The van der Waals surface area contributed by atoms with Crippen LogP contribution in [0.5, 0.6) is 0 Å². The van der Waals surface area contributed by atoms with Gasteiger partial charge in [0.2, 0.25) is 10.0 Å². The Morgan fingerprint density at radius 3 is 2.31 bits per heavy atom. The molecule has 0 aromatic carbocycles. The molecule has 0 aliphatic carbocycles. The zero-order valence-corrected chi connectivity index (χ0v) is 11.5. The van der Waals surface area contributed by atoms with E-state index in [2.05, 4.69) is 23.9 Å². The third-order valence-corrected chi connectivity index (χ3v) is 3.85. The molecule has 4 nitrogen and oxygen atoms in total. The molecule has 0 aliphatic heterocycles. The average molecular weight is 266 g/mol. The highest BCUT2D eigenvalue weighted by atomic mass is 32.2. The van der Waals surface area contributed by atoms with E-state index in [4.69, 9.17) is 5.73 Å². The Kier molecular flexibility index (Phi) is 8.78. The minimum absolute atomic E-state index is 0.00967. The van der Waals surface area contributed by atoms with Crippen LogP contribution in [-0.4, -0.2) is 25.7 Å². The van der Waals surface area contributed by atoms with E-state index < -0.39 is 10.0 Å². The van der Waals surface area contributed by atoms with E-state index in [1.807, 2.05) is 0 Å². The molecule has 0 fully saturated rings. The third kappa shape index (κ3) is 10.3. The fraction of sp³-hybridized carbons (Fsp3) is 0.900. The third-order valence-electron chi connectivity index (χ3n) is 2.18. The normalized spacial score (nSPS) is 11.6. The highest BCUT2D eigenvalue weighted by Gasteiger charge is 2.10. The van der Waals surface area contributed by atoms with Crippen molar-refractivity contribution in [2.75, 3.05) is 12.3 Å². The molecule has 0 rings (SSSR count). The smallest absolute Gasteiger partial charge is 0.218 e. The zero-order valence-electron chi connectivity index (χ0n) is 9.87. The molecule has 6 heteroatoms. The molecule has 3 N–H and O–H groups in total. The number of nitrogens with one attached hydrogen (secondary N) is 1. The van der Waals surface area contributed by atoms with Gasteiger partial charge in [0.25, 0.3) is 0 Å². The summed E-state index contributed by atoms with van der Waals surface area (Å²) in [5, 5.41) is 0. The van der Waals surface area contributed by atoms with Gasteiger partial charge in [0, 0.05) is 6.54 Å². The van der Waals surface area contributed by atoms with Crippen LogP contribution in [0.15, 0.2) is 0 Å². The Morgan fingerprint density at radius 2 is 1.75 bits per heavy atom. The van der Waals surface area contributed by atoms with E-state index in [0.717, 1.165) is 12.8 Å². The van der Waals surface area contributed by atoms with Crippen LogP contribution in [0.1, 0.15) is 45.4 Å². The lowest BCUT2D eigenvalue weighted by atomic mass is 10.1. The largest absolute Gasteiger partial charge is 0.392 e. The van der Waals surface area contributed by atoms with Gasteiger partial charge in [-0.05, 0) is 6.42 Å². The Balaban J connectivity index is 3.47. The first-order valence-electron chi connectivity index (χ1n) is 5.73. The van der Waals surface area contributed by atoms with Gasteiger partial charge in [-0.1, -0.05) is 51.2 Å². The number of unbranched alkanes of at least 4 members (excludes halogenated alkanes) is 5. The van der Waals surface area contributed by atoms with Gasteiger partial charge < -0.3 is 5.73 Å². The van der Waals surface area contributed by atoms with E-state index in [1.165, 1.54) is 25.7 Å². The molecule has 0 heterocycles. The summed E-state index contributed by atoms with van der Waals surface area (Å²) in [6.07, 6.45) is 6.82. The van der Waals surface area contributed by atoms with Crippen LogP contribution in [0.2, 0.25) is 0 Å². The van der Waals surface area contributed by atoms with E-state index in [9.17, 15) is 8.42 Å². The molecule has 0 bridgehead atoms. The van der Waals surface area contributed by atoms with E-state index in [1.54, 1.807) is 0 Å². The summed E-state index contributed by atoms with van der Waals surface area (Å²) >= 11 is 4.55. The summed E-state index contributed by atoms with van der Waals surface area (Å²) < 4.78 is 25.1. The minimum Gasteiger partial charge on any atom is -0.392 e. The van der Waals surface area contributed by atoms with Gasteiger partial charge in [-0.2, -0.15) is 0 Å². The topological polar surface area (TPSA) is 72.2 Å². The Bertz CT molecular complexity index is 289. The second kappa shape index (κ2) is 8.90. The number of nitrogens with two attached hydrogens (primary N) is 1. The lowest BCUT2D eigenvalue weighted by Gasteiger charge is -2.05. The van der Waals surface area contributed by atoms with Crippen molar-refractivity contribution in [3.05, 3.63) is 0 Å². The number of hydrogen-bond acceptors (Lipinski definition) is 3. The second-order valence-corrected chi connectivity index (χ2v) is 6.22. The fourth-order valence-corrected chi connectivity index (χ4v) is 2.77. The second-order valence-electron chi connectivity index (χ2n) is 3.89. The predicted molar refractivity (Wildman–Crippen MR) is 72.0 cm³/mol. The highest BCUT2D eigenvalue weighted by molar-refractivity contribution is 7.92. The maximum Gasteiger partial charge on any atom is 0.218 e. The lowest BCUT2D eigenvalue weighted by Crippen LogP contribution is -2.32. The van der Waals surface area contributed by atoms with Gasteiger partial charge in [0.05, 0.1) is 4.99 Å². The molecule has 96 valence electrons. The number of thiocarbonyl (C=S) groups is 1. The van der Waals surface area contributed by atoms with Crippen LogP contribution >= 0.6 is 12.2 Å². The van der Waals surface area contributed by atoms with E-state index in [-0.39, 0.29) is 10.7 Å². The first kappa shape index (κ1) is 15.8. The first-order chi connectivity index (χ1) is 7.48. The number of hydrogen-bond donors (Lipinski definition) is 2. The van der Waals surface area contributed by atoms with Crippen molar-refractivity contribution in [1.29, 1.82) is 0 Å². The summed E-state index contributed by atoms with van der Waals surface area (Å²) in [7, 11) is -3.29. The lowest BCUT2D eigenvalue weighted by molar-refractivity contribution is 0.571. The van der Waals surface area contributed by atoms with Gasteiger partial charge in [-0.3, -0.25) is 0 Å². The predicted octanol–water partition coefficient (Wildman–Crippen LogP) is 1.55. The standard InChI is InChI=1S/C10H22N2O2S2/c1-2-3-4-5-6-7-8-12-16(13,14)9-10(11)15/h12H,2-9H2,1H3,(H2,11,15). The molecule has 0 unspecified atom stereocenters. The molecular weight excluding hydrogens is 244 g/mol. The van der Waals surface area contributed by atoms with Gasteiger partial charge >= 0.3 is 0 Å². The van der Waals surface area contributed by atoms with Crippen molar-refractivity contribution in [2.45, 2.75) is 45.4 Å². The molecule has 0 radical (unpaired) electrons. The molecule has 16 heavy (non-hydrogen) atoms. The maximum atomic E-state index is 11.3. The monoisotopic (exact) mass is 266 g/mol. The summed E-state index contributed by atoms with van der Waals surface area (Å²) in [5.74, 6) is -0.252. The van der Waals surface area contributed by atoms with Crippen molar-refractivity contribution in [2.24, 2.45) is 5.73 Å². The van der Waals surface area contributed by atoms with Crippen molar-refractivity contribution >= 4 is 27.2 Å². The van der Waals surface area contributed by atoms with Crippen molar-refractivity contribution in [3.63, 3.8) is 0 Å². The number of sulfonamides is 1. The molecule has 0 aromatic rings. The number of rotatable bonds is 10. The summed E-state index contributed by atoms with van der Waals surface area (Å²) in [6.45, 7) is 2.65. The molecule has 0 aliphatic rings. The first-order valence-corrected chi connectivity index (χ1v) is 7.79. The maximum absolute atomic E-state index is 11.3. The summed E-state index contributed by atoms with van der Waals surface area (Å²) in [5.41, 5.74) is 5.18. The van der Waals surface area contributed by atoms with Crippen molar-refractivity contribution < 1.29 is 8.42 Å². The zero-order chi connectivity index (χ0) is 12.4. The quantitative estimate of drug-likeness (QED) is 0.465. The Hall–Kier alpha value is -0.200. The van der Waals surface area contributed by atoms with Gasteiger partial charge in [0.1, 0.15) is 5.75 Å². The van der Waals surface area contributed by atoms with Crippen LogP contribution < -0.4 is 10.5 Å². The minimum atomic E-state index is -3.29. The van der Waals surface area contributed by atoms with Crippen molar-refractivity contribution in [3.8, 4) is 0 Å². The van der Waals surface area contributed by atoms with Gasteiger partial charge in [0.15, 0.2) is 0 Å². The van der Waals surface area contributed by atoms with Gasteiger partial charge in [-0.15, -0.1) is 0 Å². The molecule has 0 spiro atoms. The molecular formula is C10H22N2O2S2. The average Bonchev–Trinajstić information content (AvgIpc) is 2.14. The van der Waals surface area contributed by atoms with E-state index >= 15 is 0 Å². The molecule has 0 saturated carbocycles. The van der Waals surface area contributed by atoms with Gasteiger partial charge in [-0.25, -0.2) is 13.1 Å². The van der Waals surface area contributed by atoms with Crippen LogP contribution in [0.4, 0.5) is 0 Å². The molecule has 0 saturated heterocycles. The molecule has 0 amide bonds. The highest BCUT2D eigenvalue weighted by Crippen LogP contribution is 2.04. The van der Waals surface area contributed by atoms with Crippen LogP contribution in [0.25, 0.3) is 0 Å². The Morgan fingerprint density at radius 1 is 1.19 bits per heavy atom. The summed E-state index contributed by atoms with van der Waals surface area (Å²) in [4.78, 5) is 0.00967. The van der Waals surface area contributed by atoms with Crippen LogP contribution in [0.3, 0.4) is 0 Å². The molecule has 0 aromatic heterocycles. The summed E-state index contributed by atoms with van der Waals surface area (Å²) in [6, 6.07) is 0. The van der Waals surface area contributed by atoms with Crippen molar-refractivity contribution in [1.82, 2.24) is 4.72 Å². The van der Waals surface area contributed by atoms with Crippen LogP contribution in [0, 0.1) is 0 Å². The Labute approximate surface area is 104 Å². The van der Waals surface area contributed by atoms with E-state index in [0.29, 0.717) is 6.54 Å². The van der Waals surface area contributed by atoms with Crippen LogP contribution in [-0.2, 0) is 10.0 Å².